The Kier molecular flexibility index (Phi) is 4.15. The van der Waals surface area contributed by atoms with Gasteiger partial charge in [-0.25, -0.2) is 4.79 Å². The van der Waals surface area contributed by atoms with Gasteiger partial charge < -0.3 is 9.63 Å². The Morgan fingerprint density at radius 3 is 2.45 bits per heavy atom. The second-order valence-electron chi connectivity index (χ2n) is 8.87. The number of halogens is 4. The molecule has 0 bridgehead atoms. The molecule has 5 rings (SSSR count). The number of barbiturate groups is 1. The Labute approximate surface area is 183 Å². The van der Waals surface area contributed by atoms with E-state index < -0.39 is 70.0 Å². The number of benzene rings is 1. The van der Waals surface area contributed by atoms with E-state index in [2.05, 4.69) is 5.16 Å². The number of aromatic nitrogens is 1. The van der Waals surface area contributed by atoms with Crippen LogP contribution in [0.4, 0.5) is 28.0 Å². The van der Waals surface area contributed by atoms with Crippen LogP contribution >= 0.6 is 0 Å². The number of carbonyl (C=O) groups excluding carboxylic acids is 3. The quantitative estimate of drug-likeness (QED) is 0.271. The van der Waals surface area contributed by atoms with E-state index in [1.807, 2.05) is 10.6 Å². The summed E-state index contributed by atoms with van der Waals surface area (Å²) in [6.45, 7) is 3.28. The maximum Gasteiger partial charge on any atom is 0.437 e. The molecule has 2 aromatic rings. The Morgan fingerprint density at radius 1 is 1.27 bits per heavy atom. The lowest BCUT2D eigenvalue weighted by Gasteiger charge is -2.45. The monoisotopic (exact) mass is 471 g/mol. The minimum atomic E-state index is -4.93. The molecule has 3 unspecified atom stereocenters. The van der Waals surface area contributed by atoms with E-state index in [-0.39, 0.29) is 28.8 Å². The number of urea groups is 1. The van der Waals surface area contributed by atoms with Crippen molar-refractivity contribution in [3.05, 3.63) is 23.1 Å². The molecule has 176 valence electrons. The van der Waals surface area contributed by atoms with Crippen molar-refractivity contribution in [1.29, 1.82) is 0 Å². The van der Waals surface area contributed by atoms with Crippen LogP contribution in [0.3, 0.4) is 0 Å². The third-order valence-corrected chi connectivity index (χ3v) is 7.35. The minimum absolute atomic E-state index is 0.0180. The number of hydrogen-bond donors (Lipinski definition) is 3. The highest BCUT2D eigenvalue weighted by Gasteiger charge is 2.89. The van der Waals surface area contributed by atoms with Crippen LogP contribution in [0.15, 0.2) is 10.6 Å². The van der Waals surface area contributed by atoms with Crippen LogP contribution in [-0.2, 0) is 22.2 Å². The summed E-state index contributed by atoms with van der Waals surface area (Å²) in [5.74, 6) is -3.05. The molecule has 3 N–H and O–H groups in total. The first-order valence-electron chi connectivity index (χ1n) is 10.3. The van der Waals surface area contributed by atoms with Crippen molar-refractivity contribution in [3.8, 4) is 0 Å². The molecule has 3 atom stereocenters. The number of carbonyl (C=O) groups is 3. The third kappa shape index (κ3) is 2.33. The zero-order valence-corrected chi connectivity index (χ0v) is 17.5. The molecule has 0 aliphatic carbocycles. The van der Waals surface area contributed by atoms with Gasteiger partial charge in [0.05, 0.1) is 11.9 Å². The van der Waals surface area contributed by atoms with Gasteiger partial charge in [0.1, 0.15) is 12.6 Å². The zero-order valence-electron chi connectivity index (χ0n) is 17.5. The molecule has 1 aromatic heterocycles. The number of hydrogen-bond acceptors (Lipinski definition) is 6. The molecular formula is C20H19F4N4O5+. The summed E-state index contributed by atoms with van der Waals surface area (Å²) in [6.07, 6.45) is -6.31. The lowest BCUT2D eigenvalue weighted by atomic mass is 9.63. The van der Waals surface area contributed by atoms with Crippen molar-refractivity contribution >= 4 is 34.5 Å². The molecule has 0 radical (unpaired) electrons. The lowest BCUT2D eigenvalue weighted by Crippen LogP contribution is -2.74. The van der Waals surface area contributed by atoms with E-state index in [9.17, 15) is 32.7 Å². The normalized spacial score (nSPS) is 28.9. The summed E-state index contributed by atoms with van der Waals surface area (Å²) < 4.78 is 60.5. The topological polar surface area (TPSA) is 122 Å². The van der Waals surface area contributed by atoms with Gasteiger partial charge in [-0.15, -0.1) is 0 Å². The standard InChI is InChI=1S/C20H18F4N4O5/c1-3-4-28-7-19(28,8(2)29)18(15(30)25-17(32)26-16(18)31)6-9-5-10-13(11(21)12(9)28)33-27-14(10)20(22,23)24/h5,8,29H,3-4,6-7H2,1-2H3,(H-,25,26,30,31,32)/p+1. The first-order valence-corrected chi connectivity index (χ1v) is 10.3. The maximum absolute atomic E-state index is 15.8. The third-order valence-electron chi connectivity index (χ3n) is 7.35. The first kappa shape index (κ1) is 21.8. The van der Waals surface area contributed by atoms with Crippen LogP contribution in [0, 0.1) is 11.2 Å². The summed E-state index contributed by atoms with van der Waals surface area (Å²) in [5.41, 5.74) is -5.76. The molecule has 33 heavy (non-hydrogen) atoms. The number of rotatable bonds is 3. The molecule has 4 heterocycles. The molecule has 1 aromatic carbocycles. The van der Waals surface area contributed by atoms with Crippen LogP contribution in [0.5, 0.6) is 0 Å². The Bertz CT molecular complexity index is 1240. The fourth-order valence-corrected chi connectivity index (χ4v) is 6.20. The molecule has 2 fully saturated rings. The fraction of sp³-hybridized carbons (Fsp3) is 0.500. The average molecular weight is 471 g/mol. The lowest BCUT2D eigenvalue weighted by molar-refractivity contribution is -0.152. The van der Waals surface area contributed by atoms with Crippen LogP contribution in [0.2, 0.25) is 0 Å². The van der Waals surface area contributed by atoms with Crippen molar-refractivity contribution < 1.29 is 41.6 Å². The number of alkyl halides is 3. The van der Waals surface area contributed by atoms with Gasteiger partial charge in [0.25, 0.3) is 11.8 Å². The van der Waals surface area contributed by atoms with Crippen molar-refractivity contribution in [1.82, 2.24) is 20.3 Å². The van der Waals surface area contributed by atoms with Gasteiger partial charge in [-0.2, -0.15) is 17.6 Å². The maximum atomic E-state index is 15.8. The van der Waals surface area contributed by atoms with Gasteiger partial charge in [-0.05, 0) is 19.4 Å². The van der Waals surface area contributed by atoms with Gasteiger partial charge in [0.15, 0.2) is 16.8 Å². The predicted molar refractivity (Wildman–Crippen MR) is 103 cm³/mol. The molecule has 4 amide bonds. The number of aliphatic hydroxyl groups is 1. The number of nitrogens with one attached hydrogen (secondary N) is 2. The van der Waals surface area contributed by atoms with Crippen LogP contribution in [-0.4, -0.2) is 52.8 Å². The van der Waals surface area contributed by atoms with Crippen molar-refractivity contribution in [2.45, 2.75) is 44.5 Å². The fourth-order valence-electron chi connectivity index (χ4n) is 6.20. The molecule has 1 spiro atoms. The zero-order chi connectivity index (χ0) is 24.1. The van der Waals surface area contributed by atoms with E-state index in [4.69, 9.17) is 4.52 Å². The largest absolute Gasteiger partial charge is 0.437 e. The number of fused-ring (bicyclic) bond motifs is 5. The number of aliphatic hydroxyl groups excluding tert-OH is 1. The molecule has 2 saturated heterocycles. The van der Waals surface area contributed by atoms with E-state index in [0.29, 0.717) is 6.42 Å². The SMILES string of the molecule is CCC[N+]12CC1(C(C)O)C1(Cc3cc4c(C(F)(F)F)noc4c(F)c32)C(=O)NC(=O)NC1=O. The predicted octanol–water partition coefficient (Wildman–Crippen LogP) is 1.74. The second-order valence-corrected chi connectivity index (χ2v) is 8.87. The molecule has 3 aliphatic heterocycles. The Hall–Kier alpha value is -3.06. The van der Waals surface area contributed by atoms with E-state index in [1.54, 1.807) is 6.92 Å². The number of quaternary nitrogens is 1. The van der Waals surface area contributed by atoms with Crippen molar-refractivity contribution in [3.63, 3.8) is 0 Å². The van der Waals surface area contributed by atoms with Crippen LogP contribution in [0.1, 0.15) is 31.5 Å². The van der Waals surface area contributed by atoms with E-state index >= 15 is 4.39 Å². The van der Waals surface area contributed by atoms with Gasteiger partial charge in [0.2, 0.25) is 16.9 Å². The van der Waals surface area contributed by atoms with Crippen molar-refractivity contribution in [2.24, 2.45) is 5.41 Å². The molecule has 9 nitrogen and oxygen atoms in total. The minimum Gasteiger partial charge on any atom is -0.387 e. The molecule has 3 aliphatic rings. The van der Waals surface area contributed by atoms with Crippen LogP contribution in [0.25, 0.3) is 11.0 Å². The van der Waals surface area contributed by atoms with E-state index in [0.717, 1.165) is 6.07 Å². The van der Waals surface area contributed by atoms with Crippen LogP contribution < -0.4 is 15.1 Å². The highest BCUT2D eigenvalue weighted by Crippen LogP contribution is 2.66. The molecule has 0 saturated carbocycles. The highest BCUT2D eigenvalue weighted by atomic mass is 19.4. The molecular weight excluding hydrogens is 452 g/mol. The summed E-state index contributed by atoms with van der Waals surface area (Å²) in [5, 5.41) is 17.3. The number of amides is 4. The Balaban J connectivity index is 1.86. The molecule has 13 heteroatoms. The van der Waals surface area contributed by atoms with Crippen molar-refractivity contribution in [2.75, 3.05) is 13.1 Å². The number of imide groups is 2. The van der Waals surface area contributed by atoms with Gasteiger partial charge in [-0.1, -0.05) is 12.1 Å². The van der Waals surface area contributed by atoms with Gasteiger partial charge >= 0.3 is 12.2 Å². The van der Waals surface area contributed by atoms with Gasteiger partial charge in [-0.3, -0.25) is 24.7 Å². The summed E-state index contributed by atoms with van der Waals surface area (Å²) >= 11 is 0. The van der Waals surface area contributed by atoms with E-state index in [1.165, 1.54) is 6.92 Å². The Morgan fingerprint density at radius 2 is 1.91 bits per heavy atom. The summed E-state index contributed by atoms with van der Waals surface area (Å²) in [4.78, 5) is 38.2. The smallest absolute Gasteiger partial charge is 0.387 e. The average Bonchev–Trinajstić information content (AvgIpc) is 3.18. The number of nitrogens with zero attached hydrogens (tertiary/aromatic N) is 2. The summed E-state index contributed by atoms with van der Waals surface area (Å²) in [7, 11) is 0. The summed E-state index contributed by atoms with van der Waals surface area (Å²) in [6, 6.07) is -0.0115. The second kappa shape index (κ2) is 6.29. The highest BCUT2D eigenvalue weighted by molar-refractivity contribution is 6.21. The van der Waals surface area contributed by atoms with Gasteiger partial charge in [0, 0.05) is 12.0 Å². The first-order chi connectivity index (χ1) is 15.4.